The fourth-order valence-electron chi connectivity index (χ4n) is 4.34. The van der Waals surface area contributed by atoms with Crippen molar-refractivity contribution >= 4 is 17.2 Å². The number of rotatable bonds is 4. The number of ether oxygens (including phenoxy) is 2. The predicted molar refractivity (Wildman–Crippen MR) is 112 cm³/mol. The van der Waals surface area contributed by atoms with Gasteiger partial charge < -0.3 is 9.47 Å². The van der Waals surface area contributed by atoms with Crippen LogP contribution in [-0.4, -0.2) is 12.7 Å². The van der Waals surface area contributed by atoms with E-state index in [2.05, 4.69) is 59.4 Å². The van der Waals surface area contributed by atoms with Gasteiger partial charge in [-0.25, -0.2) is 0 Å². The summed E-state index contributed by atoms with van der Waals surface area (Å²) in [7, 11) is 1.78. The minimum atomic E-state index is -0.316. The van der Waals surface area contributed by atoms with Gasteiger partial charge in [-0.1, -0.05) is 39.0 Å². The Balaban J connectivity index is 2.39. The zero-order valence-electron chi connectivity index (χ0n) is 17.2. The van der Waals surface area contributed by atoms with Crippen LogP contribution < -0.4 is 9.47 Å². The lowest BCUT2D eigenvalue weighted by atomic mass is 9.76. The van der Waals surface area contributed by atoms with Crippen LogP contribution in [0.4, 0.5) is 0 Å². The van der Waals surface area contributed by atoms with E-state index in [9.17, 15) is 0 Å². The maximum absolute atomic E-state index is 6.52. The first-order valence-electron chi connectivity index (χ1n) is 9.81. The predicted octanol–water partition coefficient (Wildman–Crippen LogP) is 6.68. The Morgan fingerprint density at radius 1 is 1.38 bits per heavy atom. The summed E-state index contributed by atoms with van der Waals surface area (Å²) in [5.74, 6) is 2.52. The molecule has 0 bridgehead atoms. The third-order valence-corrected chi connectivity index (χ3v) is 5.46. The van der Waals surface area contributed by atoms with Gasteiger partial charge in [0, 0.05) is 11.1 Å². The van der Waals surface area contributed by atoms with Gasteiger partial charge >= 0.3 is 0 Å². The summed E-state index contributed by atoms with van der Waals surface area (Å²) in [4.78, 5) is 0. The van der Waals surface area contributed by atoms with Gasteiger partial charge in [0.15, 0.2) is 0 Å². The zero-order valence-corrected chi connectivity index (χ0v) is 17.2. The van der Waals surface area contributed by atoms with Gasteiger partial charge in [-0.3, -0.25) is 0 Å². The molecule has 1 heterocycles. The molecule has 2 heteroatoms. The van der Waals surface area contributed by atoms with Crippen LogP contribution in [-0.2, 0) is 6.42 Å². The summed E-state index contributed by atoms with van der Waals surface area (Å²) < 4.78 is 12.5. The van der Waals surface area contributed by atoms with Crippen molar-refractivity contribution in [1.82, 2.24) is 0 Å². The SMILES string of the molecule is C=C1C[C@@H](C)Cc2c3c(c(/C(=C\C)CCC)c(OC)c21)OC(C)(C)C=C3. The van der Waals surface area contributed by atoms with Crippen LogP contribution in [0.2, 0.25) is 0 Å². The van der Waals surface area contributed by atoms with Crippen molar-refractivity contribution in [1.29, 1.82) is 0 Å². The largest absolute Gasteiger partial charge is 0.495 e. The van der Waals surface area contributed by atoms with Gasteiger partial charge in [0.1, 0.15) is 17.1 Å². The molecule has 26 heavy (non-hydrogen) atoms. The molecule has 1 aromatic carbocycles. The van der Waals surface area contributed by atoms with E-state index in [1.165, 1.54) is 27.8 Å². The summed E-state index contributed by atoms with van der Waals surface area (Å²) >= 11 is 0. The minimum absolute atomic E-state index is 0.316. The second-order valence-corrected chi connectivity index (χ2v) is 8.22. The van der Waals surface area contributed by atoms with E-state index in [0.29, 0.717) is 5.92 Å². The third kappa shape index (κ3) is 3.11. The first-order chi connectivity index (χ1) is 12.3. The molecular formula is C24H32O2. The van der Waals surface area contributed by atoms with Crippen molar-refractivity contribution in [3.8, 4) is 11.5 Å². The number of hydrogen-bond acceptors (Lipinski definition) is 2. The highest BCUT2D eigenvalue weighted by atomic mass is 16.5. The van der Waals surface area contributed by atoms with E-state index in [1.54, 1.807) is 7.11 Å². The van der Waals surface area contributed by atoms with Crippen molar-refractivity contribution in [2.24, 2.45) is 5.92 Å². The molecule has 0 saturated heterocycles. The molecule has 1 aromatic rings. The first kappa shape index (κ1) is 18.8. The highest BCUT2D eigenvalue weighted by Crippen LogP contribution is 2.52. The van der Waals surface area contributed by atoms with E-state index < -0.39 is 0 Å². The van der Waals surface area contributed by atoms with Crippen LogP contribution in [0.15, 0.2) is 18.7 Å². The third-order valence-electron chi connectivity index (χ3n) is 5.46. The number of benzene rings is 1. The summed E-state index contributed by atoms with van der Waals surface area (Å²) in [5.41, 5.74) is 7.05. The molecule has 1 atom stereocenters. The van der Waals surface area contributed by atoms with Crippen LogP contribution in [0.3, 0.4) is 0 Å². The summed E-state index contributed by atoms with van der Waals surface area (Å²) in [6.07, 6.45) is 10.8. The molecule has 3 rings (SSSR count). The van der Waals surface area contributed by atoms with Crippen LogP contribution in [0.25, 0.3) is 17.2 Å². The highest BCUT2D eigenvalue weighted by molar-refractivity contribution is 5.89. The van der Waals surface area contributed by atoms with Crippen molar-refractivity contribution in [3.05, 3.63) is 41.0 Å². The lowest BCUT2D eigenvalue weighted by molar-refractivity contribution is 0.157. The van der Waals surface area contributed by atoms with E-state index >= 15 is 0 Å². The van der Waals surface area contributed by atoms with Gasteiger partial charge in [-0.15, -0.1) is 0 Å². The fourth-order valence-corrected chi connectivity index (χ4v) is 4.34. The Morgan fingerprint density at radius 2 is 2.12 bits per heavy atom. The van der Waals surface area contributed by atoms with Crippen molar-refractivity contribution in [2.45, 2.75) is 65.9 Å². The normalized spacial score (nSPS) is 21.1. The summed E-state index contributed by atoms with van der Waals surface area (Å²) in [5, 5.41) is 0. The standard InChI is InChI=1S/C24H32O2/c1-8-10-17(9-2)21-22-18(11-12-24(5,6)26-22)19-14-15(3)13-16(4)20(19)23(21)25-7/h9,11-12,15H,4,8,10,13-14H2,1-3,5-7H3/b17-9-/t15-/m1/s1. The smallest absolute Gasteiger partial charge is 0.139 e. The molecule has 2 aliphatic rings. The first-order valence-corrected chi connectivity index (χ1v) is 9.81. The van der Waals surface area contributed by atoms with Crippen molar-refractivity contribution < 1.29 is 9.47 Å². The Kier molecular flexibility index (Phi) is 5.05. The Bertz CT molecular complexity index is 793. The lowest BCUT2D eigenvalue weighted by Crippen LogP contribution is -2.29. The second kappa shape index (κ2) is 6.98. The monoisotopic (exact) mass is 352 g/mol. The molecule has 0 aromatic heterocycles. The van der Waals surface area contributed by atoms with Crippen molar-refractivity contribution in [2.75, 3.05) is 7.11 Å². The number of allylic oxidation sites excluding steroid dienone is 3. The van der Waals surface area contributed by atoms with Gasteiger partial charge in [0.25, 0.3) is 0 Å². The van der Waals surface area contributed by atoms with E-state index in [0.717, 1.165) is 42.7 Å². The topological polar surface area (TPSA) is 18.5 Å². The molecule has 1 aliphatic heterocycles. The Labute approximate surface area is 158 Å². The molecule has 1 aliphatic carbocycles. The average Bonchev–Trinajstić information content (AvgIpc) is 2.57. The summed E-state index contributed by atoms with van der Waals surface area (Å²) in [6.45, 7) is 15.2. The number of hydrogen-bond donors (Lipinski definition) is 0. The van der Waals surface area contributed by atoms with E-state index in [-0.39, 0.29) is 5.60 Å². The van der Waals surface area contributed by atoms with E-state index in [4.69, 9.17) is 9.47 Å². The zero-order chi connectivity index (χ0) is 19.1. The maximum Gasteiger partial charge on any atom is 0.139 e. The van der Waals surface area contributed by atoms with Gasteiger partial charge in [0.2, 0.25) is 0 Å². The molecule has 0 fully saturated rings. The molecule has 0 unspecified atom stereocenters. The quantitative estimate of drug-likeness (QED) is 0.602. The van der Waals surface area contributed by atoms with Gasteiger partial charge in [-0.05, 0) is 68.7 Å². The molecule has 0 saturated carbocycles. The molecule has 140 valence electrons. The van der Waals surface area contributed by atoms with Crippen molar-refractivity contribution in [3.63, 3.8) is 0 Å². The van der Waals surface area contributed by atoms with E-state index in [1.807, 2.05) is 0 Å². The minimum Gasteiger partial charge on any atom is -0.495 e. The summed E-state index contributed by atoms with van der Waals surface area (Å²) in [6, 6.07) is 0. The number of fused-ring (bicyclic) bond motifs is 3. The maximum atomic E-state index is 6.52. The van der Waals surface area contributed by atoms with Gasteiger partial charge in [-0.2, -0.15) is 0 Å². The van der Waals surface area contributed by atoms with Gasteiger partial charge in [0.05, 0.1) is 12.7 Å². The Hall–Kier alpha value is -1.96. The average molecular weight is 353 g/mol. The molecule has 0 N–H and O–H groups in total. The fraction of sp³-hybridized carbons (Fsp3) is 0.500. The molecule has 0 amide bonds. The van der Waals surface area contributed by atoms with Crippen LogP contribution in [0.1, 0.15) is 76.1 Å². The lowest BCUT2D eigenvalue weighted by Gasteiger charge is -2.36. The molecule has 2 nitrogen and oxygen atoms in total. The Morgan fingerprint density at radius 3 is 2.73 bits per heavy atom. The number of methoxy groups -OCH3 is 1. The van der Waals surface area contributed by atoms with Crippen LogP contribution >= 0.6 is 0 Å². The molecule has 0 radical (unpaired) electrons. The molecule has 0 spiro atoms. The van der Waals surface area contributed by atoms with Crippen LogP contribution in [0.5, 0.6) is 11.5 Å². The molecular weight excluding hydrogens is 320 g/mol. The van der Waals surface area contributed by atoms with Crippen LogP contribution in [0, 0.1) is 5.92 Å². The highest BCUT2D eigenvalue weighted by Gasteiger charge is 2.34. The second-order valence-electron chi connectivity index (χ2n) is 8.22.